The first kappa shape index (κ1) is 17.2. The molecule has 0 radical (unpaired) electrons. The maximum absolute atomic E-state index is 14.6. The van der Waals surface area contributed by atoms with Crippen molar-refractivity contribution < 1.29 is 13.7 Å². The smallest absolute Gasteiger partial charge is 0.398 e. The van der Waals surface area contributed by atoms with E-state index in [0.29, 0.717) is 0 Å². The fourth-order valence-corrected chi connectivity index (χ4v) is 2.57. The zero-order valence-corrected chi connectivity index (χ0v) is 14.4. The van der Waals surface area contributed by atoms with Gasteiger partial charge in [-0.3, -0.25) is 0 Å². The van der Waals surface area contributed by atoms with E-state index in [-0.39, 0.29) is 11.1 Å². The van der Waals surface area contributed by atoms with E-state index in [9.17, 15) is 4.39 Å². The standard InChI is InChI=1S/C18H26BFO2/c1-16(2,12-14-10-8-7-9-11-14)13-15(20)19-21-17(3,4)18(5,6)22-19/h7-11,13H,12H2,1-6H3. The van der Waals surface area contributed by atoms with Crippen LogP contribution in [0.25, 0.3) is 0 Å². The molecule has 1 fully saturated rings. The van der Waals surface area contributed by atoms with Crippen molar-refractivity contribution in [1.29, 1.82) is 0 Å². The zero-order chi connectivity index (χ0) is 16.6. The van der Waals surface area contributed by atoms with Crippen molar-refractivity contribution in [2.45, 2.75) is 59.2 Å². The fourth-order valence-electron chi connectivity index (χ4n) is 2.57. The van der Waals surface area contributed by atoms with E-state index in [1.807, 2.05) is 59.7 Å². The quantitative estimate of drug-likeness (QED) is 0.748. The van der Waals surface area contributed by atoms with Crippen LogP contribution in [0.1, 0.15) is 47.1 Å². The molecular formula is C18H26BFO2. The van der Waals surface area contributed by atoms with E-state index < -0.39 is 18.3 Å². The summed E-state index contributed by atoms with van der Waals surface area (Å²) < 4.78 is 26.1. The van der Waals surface area contributed by atoms with Crippen LogP contribution in [0.2, 0.25) is 0 Å². The van der Waals surface area contributed by atoms with Crippen LogP contribution in [0.3, 0.4) is 0 Å². The second kappa shape index (κ2) is 5.82. The van der Waals surface area contributed by atoms with Gasteiger partial charge in [-0.05, 0) is 45.1 Å². The van der Waals surface area contributed by atoms with Crippen molar-refractivity contribution in [3.05, 3.63) is 47.7 Å². The Morgan fingerprint density at radius 3 is 2.09 bits per heavy atom. The van der Waals surface area contributed by atoms with Gasteiger partial charge < -0.3 is 9.31 Å². The van der Waals surface area contributed by atoms with Crippen LogP contribution in [0, 0.1) is 5.41 Å². The topological polar surface area (TPSA) is 18.5 Å². The Kier molecular flexibility index (Phi) is 4.56. The first-order valence-electron chi connectivity index (χ1n) is 7.80. The summed E-state index contributed by atoms with van der Waals surface area (Å²) in [5.74, 6) is 0. The number of hydrogen-bond donors (Lipinski definition) is 0. The molecule has 0 saturated carbocycles. The molecule has 0 amide bonds. The van der Waals surface area contributed by atoms with E-state index in [0.717, 1.165) is 6.42 Å². The molecule has 0 atom stereocenters. The molecule has 0 N–H and O–H groups in total. The maximum Gasteiger partial charge on any atom is 0.524 e. The molecule has 1 aliphatic rings. The minimum absolute atomic E-state index is 0.310. The summed E-state index contributed by atoms with van der Waals surface area (Å²) in [7, 11) is -0.917. The Morgan fingerprint density at radius 1 is 1.09 bits per heavy atom. The highest BCUT2D eigenvalue weighted by Gasteiger charge is 2.53. The van der Waals surface area contributed by atoms with Gasteiger partial charge in [-0.1, -0.05) is 50.3 Å². The Balaban J connectivity index is 2.11. The molecule has 0 aromatic heterocycles. The van der Waals surface area contributed by atoms with Crippen LogP contribution in [0.4, 0.5) is 4.39 Å². The fraction of sp³-hybridized carbons (Fsp3) is 0.556. The lowest BCUT2D eigenvalue weighted by atomic mass is 9.79. The van der Waals surface area contributed by atoms with E-state index in [4.69, 9.17) is 9.31 Å². The van der Waals surface area contributed by atoms with Gasteiger partial charge in [0.25, 0.3) is 0 Å². The Hall–Kier alpha value is -1.13. The highest BCUT2D eigenvalue weighted by Crippen LogP contribution is 2.39. The van der Waals surface area contributed by atoms with Gasteiger partial charge in [-0.2, -0.15) is 0 Å². The summed E-state index contributed by atoms with van der Waals surface area (Å²) >= 11 is 0. The molecule has 120 valence electrons. The molecule has 1 saturated heterocycles. The highest BCUT2D eigenvalue weighted by atomic mass is 19.1. The molecule has 0 spiro atoms. The molecule has 1 aromatic carbocycles. The van der Waals surface area contributed by atoms with E-state index in [1.54, 1.807) is 6.08 Å². The summed E-state index contributed by atoms with van der Waals surface area (Å²) in [6.07, 6.45) is 2.39. The lowest BCUT2D eigenvalue weighted by Crippen LogP contribution is -2.41. The lowest BCUT2D eigenvalue weighted by Gasteiger charge is -2.32. The van der Waals surface area contributed by atoms with Crippen LogP contribution in [0.5, 0.6) is 0 Å². The minimum atomic E-state index is -0.917. The van der Waals surface area contributed by atoms with Crippen LogP contribution in [-0.2, 0) is 15.7 Å². The van der Waals surface area contributed by atoms with E-state index in [2.05, 4.69) is 12.1 Å². The molecule has 22 heavy (non-hydrogen) atoms. The predicted molar refractivity (Wildman–Crippen MR) is 89.2 cm³/mol. The summed E-state index contributed by atoms with van der Waals surface area (Å²) in [6.45, 7) is 11.7. The number of hydrogen-bond acceptors (Lipinski definition) is 2. The number of allylic oxidation sites excluding steroid dienone is 1. The largest absolute Gasteiger partial charge is 0.524 e. The first-order chi connectivity index (χ1) is 10.0. The van der Waals surface area contributed by atoms with Crippen molar-refractivity contribution in [3.63, 3.8) is 0 Å². The Morgan fingerprint density at radius 2 is 1.59 bits per heavy atom. The summed E-state index contributed by atoms with van der Waals surface area (Å²) in [5.41, 5.74) is -0.515. The third kappa shape index (κ3) is 3.79. The number of halogens is 1. The predicted octanol–water partition coefficient (Wildman–Crippen LogP) is 4.74. The van der Waals surface area contributed by atoms with Gasteiger partial charge >= 0.3 is 7.12 Å². The van der Waals surface area contributed by atoms with Crippen molar-refractivity contribution in [2.75, 3.05) is 0 Å². The number of rotatable bonds is 4. The molecule has 1 aliphatic heterocycles. The molecule has 0 unspecified atom stereocenters. The van der Waals surface area contributed by atoms with Gasteiger partial charge in [-0.15, -0.1) is 0 Å². The van der Waals surface area contributed by atoms with Crippen LogP contribution < -0.4 is 0 Å². The average molecular weight is 304 g/mol. The summed E-state index contributed by atoms with van der Waals surface area (Å²) in [4.78, 5) is 0. The van der Waals surface area contributed by atoms with Gasteiger partial charge in [0.05, 0.1) is 11.2 Å². The maximum atomic E-state index is 14.6. The van der Waals surface area contributed by atoms with Crippen LogP contribution in [-0.4, -0.2) is 18.3 Å². The van der Waals surface area contributed by atoms with Crippen LogP contribution in [0.15, 0.2) is 42.1 Å². The first-order valence-corrected chi connectivity index (χ1v) is 7.80. The van der Waals surface area contributed by atoms with Gasteiger partial charge in [0.2, 0.25) is 0 Å². The molecular weight excluding hydrogens is 278 g/mol. The monoisotopic (exact) mass is 304 g/mol. The van der Waals surface area contributed by atoms with Crippen molar-refractivity contribution >= 4 is 7.12 Å². The minimum Gasteiger partial charge on any atom is -0.398 e. The van der Waals surface area contributed by atoms with Gasteiger partial charge in [0.1, 0.15) is 5.73 Å². The third-order valence-corrected chi connectivity index (χ3v) is 4.51. The molecule has 0 aliphatic carbocycles. The molecule has 0 bridgehead atoms. The zero-order valence-electron chi connectivity index (χ0n) is 14.4. The highest BCUT2D eigenvalue weighted by molar-refractivity contribution is 6.53. The summed E-state index contributed by atoms with van der Waals surface area (Å²) in [6, 6.07) is 10.1. The second-order valence-corrected chi connectivity index (χ2v) is 7.77. The van der Waals surface area contributed by atoms with Gasteiger partial charge in [0, 0.05) is 0 Å². The summed E-state index contributed by atoms with van der Waals surface area (Å²) in [5, 5.41) is 0. The lowest BCUT2D eigenvalue weighted by molar-refractivity contribution is 0.00578. The molecule has 4 heteroatoms. The molecule has 1 heterocycles. The SMILES string of the molecule is CC(C)(C=C(F)B1OC(C)(C)C(C)(C)O1)Cc1ccccc1. The van der Waals surface area contributed by atoms with Crippen molar-refractivity contribution in [1.82, 2.24) is 0 Å². The van der Waals surface area contributed by atoms with Crippen molar-refractivity contribution in [2.24, 2.45) is 5.41 Å². The normalized spacial score (nSPS) is 21.2. The molecule has 2 nitrogen and oxygen atoms in total. The Bertz CT molecular complexity index is 533. The third-order valence-electron chi connectivity index (χ3n) is 4.51. The van der Waals surface area contributed by atoms with E-state index in [1.165, 1.54) is 5.56 Å². The molecule has 2 rings (SSSR count). The van der Waals surface area contributed by atoms with Crippen molar-refractivity contribution in [3.8, 4) is 0 Å². The average Bonchev–Trinajstić information content (AvgIpc) is 2.58. The number of benzene rings is 1. The van der Waals surface area contributed by atoms with E-state index >= 15 is 0 Å². The molecule has 1 aromatic rings. The Labute approximate surface area is 133 Å². The van der Waals surface area contributed by atoms with Crippen LogP contribution >= 0.6 is 0 Å². The van der Waals surface area contributed by atoms with Gasteiger partial charge in [-0.25, -0.2) is 4.39 Å². The van der Waals surface area contributed by atoms with Gasteiger partial charge in [0.15, 0.2) is 0 Å². The second-order valence-electron chi connectivity index (χ2n) is 7.77.